The molecule has 1 amide bonds. The summed E-state index contributed by atoms with van der Waals surface area (Å²) in [6.45, 7) is 11.3. The molecule has 3 N–H and O–H groups in total. The van der Waals surface area contributed by atoms with Crippen LogP contribution in [0.25, 0.3) is 6.08 Å². The van der Waals surface area contributed by atoms with Gasteiger partial charge in [-0.2, -0.15) is 0 Å². The Balaban J connectivity index is 1.49. The monoisotopic (exact) mass is 499 g/mol. The van der Waals surface area contributed by atoms with Crippen LogP contribution in [-0.4, -0.2) is 69.7 Å². The molecule has 0 fully saturated rings. The number of amides is 1. The van der Waals surface area contributed by atoms with Crippen molar-refractivity contribution >= 4 is 29.4 Å². The minimum absolute atomic E-state index is 0.00592. The fourth-order valence-corrected chi connectivity index (χ4v) is 5.37. The van der Waals surface area contributed by atoms with Crippen molar-refractivity contribution in [3.63, 3.8) is 0 Å². The second kappa shape index (κ2) is 12.0. The third-order valence-electron chi connectivity index (χ3n) is 6.28. The number of quaternary nitrogens is 2. The summed E-state index contributed by atoms with van der Waals surface area (Å²) in [7, 11) is 8.94. The van der Waals surface area contributed by atoms with E-state index >= 15 is 0 Å². The van der Waals surface area contributed by atoms with Gasteiger partial charge in [0.1, 0.15) is 5.69 Å². The van der Waals surface area contributed by atoms with Gasteiger partial charge in [0.15, 0.2) is 5.69 Å². The van der Waals surface area contributed by atoms with Crippen molar-refractivity contribution in [3.05, 3.63) is 52.1 Å². The number of aromatic nitrogens is 2. The lowest BCUT2D eigenvalue weighted by atomic mass is 10.2. The van der Waals surface area contributed by atoms with E-state index in [2.05, 4.69) is 69.4 Å². The topological polar surface area (TPSA) is 62.3 Å². The van der Waals surface area contributed by atoms with E-state index in [4.69, 9.17) is 4.98 Å². The first-order valence-electron chi connectivity index (χ1n) is 12.6. The SMILES string of the molecule is CC[n+]1c(C)cc(/C=C2\Nc3ccc(C(=O)NCCC[NH+](C)CCC[N+](C)(C)C)cc3S2)nc1C. The molecule has 190 valence electrons. The summed E-state index contributed by atoms with van der Waals surface area (Å²) in [5.41, 5.74) is 3.87. The van der Waals surface area contributed by atoms with E-state index in [1.807, 2.05) is 25.1 Å². The quantitative estimate of drug-likeness (QED) is 0.252. The van der Waals surface area contributed by atoms with Crippen LogP contribution in [0.15, 0.2) is 34.2 Å². The van der Waals surface area contributed by atoms with Crippen LogP contribution in [0.1, 0.15) is 47.3 Å². The van der Waals surface area contributed by atoms with Gasteiger partial charge < -0.3 is 20.0 Å². The molecule has 8 heteroatoms. The first kappa shape index (κ1) is 27.2. The average molecular weight is 500 g/mol. The molecule has 7 nitrogen and oxygen atoms in total. The Hall–Kier alpha value is -2.42. The van der Waals surface area contributed by atoms with E-state index in [1.54, 1.807) is 11.8 Å². The minimum atomic E-state index is -0.00592. The number of nitrogens with zero attached hydrogens (tertiary/aromatic N) is 3. The Kier molecular flexibility index (Phi) is 9.33. The molecule has 1 aliphatic rings. The van der Waals surface area contributed by atoms with Gasteiger partial charge in [0, 0.05) is 48.9 Å². The summed E-state index contributed by atoms with van der Waals surface area (Å²) in [6.07, 6.45) is 4.28. The van der Waals surface area contributed by atoms with E-state index in [9.17, 15) is 4.79 Å². The van der Waals surface area contributed by atoms with Crippen molar-refractivity contribution in [1.82, 2.24) is 10.3 Å². The van der Waals surface area contributed by atoms with Gasteiger partial charge in [-0.25, -0.2) is 4.57 Å². The fourth-order valence-electron chi connectivity index (χ4n) is 4.38. The number of aryl methyl sites for hydroxylation is 2. The van der Waals surface area contributed by atoms with Crippen LogP contribution in [0.5, 0.6) is 0 Å². The number of carbonyl (C=O) groups excluding carboxylic acids is 1. The van der Waals surface area contributed by atoms with Crippen LogP contribution in [-0.2, 0) is 6.54 Å². The second-order valence-corrected chi connectivity index (χ2v) is 11.6. The van der Waals surface area contributed by atoms with Crippen LogP contribution in [0.2, 0.25) is 0 Å². The molecule has 1 aliphatic heterocycles. The van der Waals surface area contributed by atoms with Gasteiger partial charge in [0.2, 0.25) is 0 Å². The molecule has 0 spiro atoms. The van der Waals surface area contributed by atoms with Gasteiger partial charge in [-0.05, 0) is 37.0 Å². The highest BCUT2D eigenvalue weighted by Gasteiger charge is 2.20. The van der Waals surface area contributed by atoms with Crippen molar-refractivity contribution in [2.24, 2.45) is 0 Å². The Morgan fingerprint density at radius 3 is 2.63 bits per heavy atom. The molecule has 1 aromatic heterocycles. The number of benzene rings is 1. The van der Waals surface area contributed by atoms with Crippen LogP contribution in [0.4, 0.5) is 5.69 Å². The molecule has 0 aliphatic carbocycles. The van der Waals surface area contributed by atoms with Crippen molar-refractivity contribution in [1.29, 1.82) is 0 Å². The standard InChI is InChI=1S/C27H40N6OS/c1-8-32-20(2)17-23(29-21(32)3)19-26-30-24-12-11-22(18-25(24)35-26)27(34)28-13-9-14-31(4)15-10-16-33(5,6)7/h11-12,17-19H,8-10,13-16H2,1-7H3/p+3. The van der Waals surface area contributed by atoms with E-state index < -0.39 is 0 Å². The van der Waals surface area contributed by atoms with Crippen molar-refractivity contribution in [3.8, 4) is 0 Å². The maximum Gasteiger partial charge on any atom is 0.296 e. The third-order valence-corrected chi connectivity index (χ3v) is 7.28. The predicted octanol–water partition coefficient (Wildman–Crippen LogP) is 2.25. The molecule has 3 rings (SSSR count). The fraction of sp³-hybridized carbons (Fsp3) is 0.519. The van der Waals surface area contributed by atoms with Crippen LogP contribution >= 0.6 is 11.8 Å². The van der Waals surface area contributed by atoms with Crippen LogP contribution in [0.3, 0.4) is 0 Å². The normalized spacial score (nSPS) is 15.1. The predicted molar refractivity (Wildman–Crippen MR) is 145 cm³/mol. The van der Waals surface area contributed by atoms with Gasteiger partial charge in [-0.3, -0.25) is 4.79 Å². The molecule has 0 radical (unpaired) electrons. The van der Waals surface area contributed by atoms with E-state index in [1.165, 1.54) is 30.1 Å². The Morgan fingerprint density at radius 2 is 1.94 bits per heavy atom. The molecular weight excluding hydrogens is 456 g/mol. The Labute approximate surface area is 215 Å². The highest BCUT2D eigenvalue weighted by molar-refractivity contribution is 8.03. The van der Waals surface area contributed by atoms with Gasteiger partial charge in [-0.15, -0.1) is 0 Å². The lowest BCUT2D eigenvalue weighted by Crippen LogP contribution is -3.09. The summed E-state index contributed by atoms with van der Waals surface area (Å²) in [6, 6.07) is 7.97. The summed E-state index contributed by atoms with van der Waals surface area (Å²) in [4.78, 5) is 20.0. The van der Waals surface area contributed by atoms with Gasteiger partial charge in [0.05, 0.1) is 65.1 Å². The smallest absolute Gasteiger partial charge is 0.296 e. The molecule has 0 bridgehead atoms. The molecular formula is C27H43N6OS+3. The maximum absolute atomic E-state index is 12.7. The highest BCUT2D eigenvalue weighted by atomic mass is 32.2. The highest BCUT2D eigenvalue weighted by Crippen LogP contribution is 2.41. The average Bonchev–Trinajstić information content (AvgIpc) is 3.16. The van der Waals surface area contributed by atoms with Gasteiger partial charge >= 0.3 is 0 Å². The summed E-state index contributed by atoms with van der Waals surface area (Å²) < 4.78 is 3.21. The van der Waals surface area contributed by atoms with Crippen molar-refractivity contribution < 1.29 is 18.7 Å². The van der Waals surface area contributed by atoms with Crippen molar-refractivity contribution in [2.45, 2.75) is 45.1 Å². The zero-order chi connectivity index (χ0) is 25.6. The second-order valence-electron chi connectivity index (χ2n) is 10.5. The number of anilines is 1. The molecule has 35 heavy (non-hydrogen) atoms. The van der Waals surface area contributed by atoms with Crippen LogP contribution in [0, 0.1) is 13.8 Å². The van der Waals surface area contributed by atoms with E-state index in [-0.39, 0.29) is 5.91 Å². The number of carbonyl (C=O) groups is 1. The van der Waals surface area contributed by atoms with Gasteiger partial charge in [-0.1, -0.05) is 11.8 Å². The third kappa shape index (κ3) is 8.05. The maximum atomic E-state index is 12.7. The summed E-state index contributed by atoms with van der Waals surface area (Å²) >= 11 is 1.64. The van der Waals surface area contributed by atoms with Gasteiger partial charge in [0.25, 0.3) is 11.7 Å². The molecule has 2 heterocycles. The van der Waals surface area contributed by atoms with Crippen molar-refractivity contribution in [2.75, 3.05) is 59.7 Å². The molecule has 0 saturated carbocycles. The van der Waals surface area contributed by atoms with E-state index in [0.29, 0.717) is 12.1 Å². The Bertz CT molecular complexity index is 1050. The lowest BCUT2D eigenvalue weighted by molar-refractivity contribution is -0.895. The first-order chi connectivity index (χ1) is 16.6. The number of thioether (sulfide) groups is 1. The summed E-state index contributed by atoms with van der Waals surface area (Å²) in [5.74, 6) is 1.00. The molecule has 1 unspecified atom stereocenters. The number of rotatable bonds is 11. The number of fused-ring (bicyclic) bond motifs is 1. The first-order valence-corrected chi connectivity index (χ1v) is 13.5. The van der Waals surface area contributed by atoms with E-state index in [0.717, 1.165) is 51.1 Å². The molecule has 1 aromatic carbocycles. The zero-order valence-electron chi connectivity index (χ0n) is 22.5. The molecule has 0 saturated heterocycles. The molecule has 2 aromatic rings. The number of hydrogen-bond donors (Lipinski definition) is 3. The number of hydrogen-bond acceptors (Lipinski definition) is 4. The number of nitrogens with one attached hydrogen (secondary N) is 3. The van der Waals surface area contributed by atoms with Crippen LogP contribution < -0.4 is 20.1 Å². The largest absolute Gasteiger partial charge is 0.352 e. The summed E-state index contributed by atoms with van der Waals surface area (Å²) in [5, 5.41) is 7.56. The minimum Gasteiger partial charge on any atom is -0.352 e. The Morgan fingerprint density at radius 1 is 1.20 bits per heavy atom. The lowest BCUT2D eigenvalue weighted by Gasteiger charge is -2.24. The molecule has 1 atom stereocenters. The zero-order valence-corrected chi connectivity index (χ0v) is 23.3.